The van der Waals surface area contributed by atoms with E-state index in [2.05, 4.69) is 73.0 Å². The van der Waals surface area contributed by atoms with Crippen LogP contribution in [0.1, 0.15) is 267 Å². The molecule has 4 aromatic carbocycles. The molecule has 4 N–H and O–H groups in total. The molecule has 0 aliphatic heterocycles. The summed E-state index contributed by atoms with van der Waals surface area (Å²) >= 11 is 0. The first-order valence-corrected chi connectivity index (χ1v) is 36.1. The minimum Gasteiger partial charge on any atom is -0.390 e. The summed E-state index contributed by atoms with van der Waals surface area (Å²) in [7, 11) is 0. The summed E-state index contributed by atoms with van der Waals surface area (Å²) in [5, 5.41) is 30.0. The van der Waals surface area contributed by atoms with Crippen molar-refractivity contribution in [2.24, 2.45) is 5.92 Å². The van der Waals surface area contributed by atoms with Gasteiger partial charge in [0.05, 0.1) is 64.0 Å². The molecule has 1 aliphatic rings. The summed E-state index contributed by atoms with van der Waals surface area (Å²) in [5.74, 6) is -0.190. The Balaban J connectivity index is 1.18. The van der Waals surface area contributed by atoms with E-state index < -0.39 is 42.7 Å². The van der Waals surface area contributed by atoms with Crippen LogP contribution in [0.25, 0.3) is 0 Å². The average molecular weight is 1220 g/mol. The zero-order valence-corrected chi connectivity index (χ0v) is 55.4. The Bertz CT molecular complexity index is 2190. The molecule has 1 fully saturated rings. The maximum absolute atomic E-state index is 13.9. The van der Waals surface area contributed by atoms with E-state index in [1.54, 1.807) is 0 Å². The van der Waals surface area contributed by atoms with Crippen molar-refractivity contribution in [2.75, 3.05) is 19.8 Å². The van der Waals surface area contributed by atoms with Crippen LogP contribution in [0.15, 0.2) is 121 Å². The molecule has 10 heteroatoms. The van der Waals surface area contributed by atoms with Crippen LogP contribution in [0, 0.1) is 5.92 Å². The van der Waals surface area contributed by atoms with E-state index in [0.29, 0.717) is 52.4 Å². The van der Waals surface area contributed by atoms with Gasteiger partial charge in [-0.3, -0.25) is 0 Å². The number of carbonyl (C=O) groups is 1. The largest absolute Gasteiger partial charge is 0.390 e. The highest BCUT2D eigenvalue weighted by atomic mass is 16.6. The standard InChI is InChI=1S/C78H124N2O8/c1-3-5-7-9-11-13-15-17-18-19-20-21-22-23-24-25-26-28-30-32-34-48-58-79-78(83)80-71(74(82)72(81)57-47-33-31-29-27-16-14-12-10-8-6-4-2)65-85-73-59-70(64-84-60-66-49-39-35-40-50-66)75(86-61-67-51-41-36-42-52-67)77(88-63-69-55-45-38-46-56-69)76(73)87-62-68-53-43-37-44-54-68/h35-46,49-56,70-77,81-82H,3-34,47-48,57-65H2,1-2H3,(H2,79,80,83)/t70-,71+,72-,73+,74+,75+,76+,77+/m1/s1. The molecule has 0 spiro atoms. The Morgan fingerprint density at radius 2 is 0.761 bits per heavy atom. The van der Waals surface area contributed by atoms with Gasteiger partial charge >= 0.3 is 6.03 Å². The highest BCUT2D eigenvalue weighted by Gasteiger charge is 2.48. The number of hydrogen-bond donors (Lipinski definition) is 4. The van der Waals surface area contributed by atoms with Crippen molar-refractivity contribution < 1.29 is 38.7 Å². The zero-order chi connectivity index (χ0) is 62.0. The van der Waals surface area contributed by atoms with Crippen molar-refractivity contribution in [1.29, 1.82) is 0 Å². The summed E-state index contributed by atoms with van der Waals surface area (Å²) in [6.07, 6.45) is 40.3. The summed E-state index contributed by atoms with van der Waals surface area (Å²) in [4.78, 5) is 13.9. The van der Waals surface area contributed by atoms with E-state index in [0.717, 1.165) is 60.8 Å². The Morgan fingerprint density at radius 3 is 1.16 bits per heavy atom. The van der Waals surface area contributed by atoms with Gasteiger partial charge in [-0.1, -0.05) is 347 Å². The lowest BCUT2D eigenvalue weighted by molar-refractivity contribution is -0.234. The monoisotopic (exact) mass is 1220 g/mol. The fraction of sp³-hybridized carbons (Fsp3) is 0.679. The van der Waals surface area contributed by atoms with E-state index in [-0.39, 0.29) is 18.6 Å². The van der Waals surface area contributed by atoms with Gasteiger partial charge < -0.3 is 44.5 Å². The van der Waals surface area contributed by atoms with Gasteiger partial charge in [-0.2, -0.15) is 0 Å². The number of amides is 2. The van der Waals surface area contributed by atoms with Gasteiger partial charge in [0.2, 0.25) is 0 Å². The number of aliphatic hydroxyl groups excluding tert-OH is 2. The molecule has 8 atom stereocenters. The van der Waals surface area contributed by atoms with Crippen LogP contribution in [0.3, 0.4) is 0 Å². The molecule has 0 saturated heterocycles. The van der Waals surface area contributed by atoms with Gasteiger partial charge in [0.15, 0.2) is 0 Å². The highest BCUT2D eigenvalue weighted by molar-refractivity contribution is 5.74. The van der Waals surface area contributed by atoms with Crippen LogP contribution < -0.4 is 10.6 Å². The predicted molar refractivity (Wildman–Crippen MR) is 364 cm³/mol. The van der Waals surface area contributed by atoms with Gasteiger partial charge in [-0.25, -0.2) is 4.79 Å². The molecule has 494 valence electrons. The minimum absolute atomic E-state index is 0.0576. The SMILES string of the molecule is CCCCCCCCCCCCCCCCCCCCCCCCNC(=O)N[C@@H](CO[C@H]1C[C@H](COCc2ccccc2)[C@H](OCc2ccccc2)[C@H](OCc2ccccc2)[C@H]1OCc1ccccc1)[C@H](O)[C@H](O)CCCCCCCCCCCCCC. The molecule has 0 heterocycles. The number of aliphatic hydroxyl groups is 2. The summed E-state index contributed by atoms with van der Waals surface area (Å²) < 4.78 is 34.7. The molecule has 88 heavy (non-hydrogen) atoms. The molecule has 1 aliphatic carbocycles. The molecule has 5 rings (SSSR count). The Hall–Kier alpha value is -4.13. The van der Waals surface area contributed by atoms with Crippen molar-refractivity contribution in [1.82, 2.24) is 10.6 Å². The van der Waals surface area contributed by atoms with Crippen molar-refractivity contribution >= 4 is 6.03 Å². The molecular weight excluding hydrogens is 1090 g/mol. The van der Waals surface area contributed by atoms with Gasteiger partial charge in [0.25, 0.3) is 0 Å². The van der Waals surface area contributed by atoms with Crippen LogP contribution >= 0.6 is 0 Å². The third-order valence-electron chi connectivity index (χ3n) is 18.1. The summed E-state index contributed by atoms with van der Waals surface area (Å²) in [6, 6.07) is 39.4. The number of rotatable bonds is 55. The van der Waals surface area contributed by atoms with Crippen LogP contribution in [-0.4, -0.2) is 78.7 Å². The Kier molecular flexibility index (Phi) is 42.8. The molecule has 10 nitrogen and oxygen atoms in total. The predicted octanol–water partition coefficient (Wildman–Crippen LogP) is 19.4. The lowest BCUT2D eigenvalue weighted by Crippen LogP contribution is -2.59. The fourth-order valence-electron chi connectivity index (χ4n) is 12.6. The van der Waals surface area contributed by atoms with Gasteiger partial charge in [0, 0.05) is 12.5 Å². The average Bonchev–Trinajstić information content (AvgIpc) is 1.40. The van der Waals surface area contributed by atoms with Gasteiger partial charge in [-0.05, 0) is 41.5 Å². The second kappa shape index (κ2) is 50.5. The van der Waals surface area contributed by atoms with Crippen molar-refractivity contribution in [3.63, 3.8) is 0 Å². The van der Waals surface area contributed by atoms with E-state index in [1.165, 1.54) is 180 Å². The number of unbranched alkanes of at least 4 members (excludes halogenated alkanes) is 32. The van der Waals surface area contributed by atoms with E-state index in [4.69, 9.17) is 23.7 Å². The second-order valence-electron chi connectivity index (χ2n) is 25.8. The lowest BCUT2D eigenvalue weighted by atomic mass is 9.80. The zero-order valence-electron chi connectivity index (χ0n) is 55.4. The molecule has 0 radical (unpaired) electrons. The first-order valence-electron chi connectivity index (χ1n) is 36.1. The number of urea groups is 1. The van der Waals surface area contributed by atoms with Crippen LogP contribution in [0.5, 0.6) is 0 Å². The third-order valence-corrected chi connectivity index (χ3v) is 18.1. The topological polar surface area (TPSA) is 128 Å². The van der Waals surface area contributed by atoms with Crippen LogP contribution in [0.2, 0.25) is 0 Å². The Morgan fingerprint density at radius 1 is 0.420 bits per heavy atom. The van der Waals surface area contributed by atoms with E-state index in [9.17, 15) is 15.0 Å². The third kappa shape index (κ3) is 34.3. The highest BCUT2D eigenvalue weighted by Crippen LogP contribution is 2.36. The summed E-state index contributed by atoms with van der Waals surface area (Å²) in [5.41, 5.74) is 4.16. The Labute approximate surface area is 536 Å². The van der Waals surface area contributed by atoms with Crippen LogP contribution in [-0.2, 0) is 50.1 Å². The molecule has 0 aromatic heterocycles. The number of carbonyl (C=O) groups excluding carboxylic acids is 1. The lowest BCUT2D eigenvalue weighted by Gasteiger charge is -2.46. The minimum atomic E-state index is -1.27. The first-order chi connectivity index (χ1) is 43.4. The maximum atomic E-state index is 13.9. The molecule has 2 amide bonds. The molecule has 0 unspecified atom stereocenters. The quantitative estimate of drug-likeness (QED) is 0.0322. The smallest absolute Gasteiger partial charge is 0.315 e. The molecule has 0 bridgehead atoms. The number of benzene rings is 4. The fourth-order valence-corrected chi connectivity index (χ4v) is 12.6. The normalized spacial score (nSPS) is 17.8. The van der Waals surface area contributed by atoms with Crippen molar-refractivity contribution in [2.45, 2.75) is 314 Å². The van der Waals surface area contributed by atoms with E-state index >= 15 is 0 Å². The molecular formula is C78H124N2O8. The second-order valence-corrected chi connectivity index (χ2v) is 25.8. The number of hydrogen-bond acceptors (Lipinski definition) is 8. The van der Waals surface area contributed by atoms with Crippen LogP contribution in [0.4, 0.5) is 4.79 Å². The van der Waals surface area contributed by atoms with Gasteiger partial charge in [0.1, 0.15) is 18.3 Å². The molecule has 4 aromatic rings. The van der Waals surface area contributed by atoms with Crippen molar-refractivity contribution in [3.05, 3.63) is 144 Å². The summed E-state index contributed by atoms with van der Waals surface area (Å²) in [6.45, 7) is 6.83. The maximum Gasteiger partial charge on any atom is 0.315 e. The number of ether oxygens (including phenoxy) is 5. The van der Waals surface area contributed by atoms with E-state index in [1.807, 2.05) is 72.8 Å². The first kappa shape index (κ1) is 74.6. The number of nitrogens with one attached hydrogen (secondary N) is 2. The van der Waals surface area contributed by atoms with Crippen molar-refractivity contribution in [3.8, 4) is 0 Å². The molecule has 1 saturated carbocycles. The van der Waals surface area contributed by atoms with Gasteiger partial charge in [-0.15, -0.1) is 0 Å².